The number of alkyl halides is 4. The van der Waals surface area contributed by atoms with E-state index in [4.69, 9.17) is 9.47 Å². The van der Waals surface area contributed by atoms with Crippen molar-refractivity contribution >= 4 is 16.6 Å². The first-order valence-electron chi connectivity index (χ1n) is 12.0. The molecule has 1 unspecified atom stereocenters. The fourth-order valence-corrected chi connectivity index (χ4v) is 4.59. The Balaban J connectivity index is 1.67. The van der Waals surface area contributed by atoms with Crippen molar-refractivity contribution in [2.45, 2.75) is 44.2 Å². The van der Waals surface area contributed by atoms with E-state index in [0.717, 1.165) is 21.5 Å². The number of hydrogen-bond acceptors (Lipinski definition) is 6. The highest BCUT2D eigenvalue weighted by molar-refractivity contribution is 5.94. The van der Waals surface area contributed by atoms with Crippen molar-refractivity contribution in [3.8, 4) is 5.75 Å². The fraction of sp³-hybridized carbons (Fsp3) is 0.480. The van der Waals surface area contributed by atoms with Gasteiger partial charge in [0.1, 0.15) is 16.7 Å². The molecule has 8 nitrogen and oxygen atoms in total. The Morgan fingerprint density at radius 2 is 1.84 bits per heavy atom. The molecule has 1 atom stereocenters. The quantitative estimate of drug-likeness (QED) is 0.411. The summed E-state index contributed by atoms with van der Waals surface area (Å²) in [6.07, 6.45) is -4.64. The summed E-state index contributed by atoms with van der Waals surface area (Å²) < 4.78 is 82.1. The maximum Gasteiger partial charge on any atom is 0.294 e. The predicted molar refractivity (Wildman–Crippen MR) is 128 cm³/mol. The molecule has 1 N–H and O–H groups in total. The van der Waals surface area contributed by atoms with Crippen molar-refractivity contribution < 1.29 is 31.4 Å². The zero-order valence-electron chi connectivity index (χ0n) is 20.5. The molecule has 1 aliphatic heterocycles. The van der Waals surface area contributed by atoms with Gasteiger partial charge in [0.05, 0.1) is 36.8 Å². The van der Waals surface area contributed by atoms with Gasteiger partial charge in [0.2, 0.25) is 0 Å². The zero-order valence-corrected chi connectivity index (χ0v) is 20.5. The average Bonchev–Trinajstić information content (AvgIpc) is 3.64. The molecule has 3 aromatic rings. The first-order valence-corrected chi connectivity index (χ1v) is 12.0. The molecule has 0 spiro atoms. The Hall–Kier alpha value is -3.48. The highest BCUT2D eigenvalue weighted by Gasteiger charge is 2.54. The number of aromatic nitrogens is 3. The highest BCUT2D eigenvalue weighted by atomic mass is 19.3. The van der Waals surface area contributed by atoms with Crippen LogP contribution in [0.4, 0.5) is 27.8 Å². The molecule has 2 fully saturated rings. The second-order valence-corrected chi connectivity index (χ2v) is 9.74. The number of halogens is 5. The summed E-state index contributed by atoms with van der Waals surface area (Å²) in [5.41, 5.74) is -4.17. The molecule has 1 saturated heterocycles. The van der Waals surface area contributed by atoms with E-state index in [1.54, 1.807) is 0 Å². The van der Waals surface area contributed by atoms with Gasteiger partial charge in [-0.15, -0.1) is 0 Å². The van der Waals surface area contributed by atoms with Crippen LogP contribution >= 0.6 is 0 Å². The van der Waals surface area contributed by atoms with E-state index in [1.165, 1.54) is 26.1 Å². The number of hydrogen-bond donors (Lipinski definition) is 1. The van der Waals surface area contributed by atoms with Crippen LogP contribution in [0, 0.1) is 11.7 Å². The molecular formula is C25H25F5N4O4. The lowest BCUT2D eigenvalue weighted by Crippen LogP contribution is -2.38. The van der Waals surface area contributed by atoms with Crippen LogP contribution in [0.25, 0.3) is 10.8 Å². The van der Waals surface area contributed by atoms with Gasteiger partial charge in [0.15, 0.2) is 11.6 Å². The molecule has 5 rings (SSSR count). The van der Waals surface area contributed by atoms with Gasteiger partial charge in [0, 0.05) is 24.7 Å². The lowest BCUT2D eigenvalue weighted by atomic mass is 10.0. The third kappa shape index (κ3) is 4.32. The summed E-state index contributed by atoms with van der Waals surface area (Å²) in [5.74, 6) is -1.55. The smallest absolute Gasteiger partial charge is 0.294 e. The summed E-state index contributed by atoms with van der Waals surface area (Å²) in [6.45, 7) is 2.32. The molecule has 0 bridgehead atoms. The molecular weight excluding hydrogens is 515 g/mol. The van der Waals surface area contributed by atoms with Crippen molar-refractivity contribution in [3.05, 3.63) is 62.0 Å². The summed E-state index contributed by atoms with van der Waals surface area (Å²) >= 11 is 0. The van der Waals surface area contributed by atoms with Gasteiger partial charge < -0.3 is 14.8 Å². The molecule has 1 aliphatic carbocycles. The molecule has 1 saturated carbocycles. The number of fused-ring (bicyclic) bond motifs is 1. The van der Waals surface area contributed by atoms with Gasteiger partial charge >= 0.3 is 0 Å². The molecule has 1 aromatic carbocycles. The van der Waals surface area contributed by atoms with E-state index in [0.29, 0.717) is 13.2 Å². The standard InChI is InChI=1S/C25H25F5N4O4/c1-12(14-4-3-5-15(18(14)26)20(27)28)31-21-16-8-34(25(6-7-25)24(29)30)23(36)19(38-11-13-9-37-10-13)17(16)22(35)33(2)32-21/h3-5,8,12-13,20,24H,6-7,9-11H2,1-2H3,(H,31,32). The highest BCUT2D eigenvalue weighted by Crippen LogP contribution is 2.48. The van der Waals surface area contributed by atoms with E-state index < -0.39 is 46.9 Å². The number of pyridine rings is 1. The van der Waals surface area contributed by atoms with Gasteiger partial charge in [-0.25, -0.2) is 26.6 Å². The normalized spacial score (nSPS) is 17.6. The minimum Gasteiger partial charge on any atom is -0.487 e. The Morgan fingerprint density at radius 3 is 2.42 bits per heavy atom. The van der Waals surface area contributed by atoms with Crippen LogP contribution in [0.15, 0.2) is 34.0 Å². The monoisotopic (exact) mass is 540 g/mol. The van der Waals surface area contributed by atoms with Crippen molar-refractivity contribution in [2.75, 3.05) is 25.1 Å². The average molecular weight is 540 g/mol. The largest absolute Gasteiger partial charge is 0.487 e. The minimum absolute atomic E-state index is 0.0109. The number of nitrogens with zero attached hydrogens (tertiary/aromatic N) is 3. The summed E-state index contributed by atoms with van der Waals surface area (Å²) in [7, 11) is 1.33. The van der Waals surface area contributed by atoms with E-state index in [2.05, 4.69) is 10.4 Å². The number of aryl methyl sites for hydroxylation is 1. The number of ether oxygens (including phenoxy) is 2. The van der Waals surface area contributed by atoms with Crippen molar-refractivity contribution in [2.24, 2.45) is 13.0 Å². The van der Waals surface area contributed by atoms with Crippen molar-refractivity contribution in [3.63, 3.8) is 0 Å². The number of rotatable bonds is 9. The van der Waals surface area contributed by atoms with E-state index in [1.807, 2.05) is 0 Å². The van der Waals surface area contributed by atoms with Gasteiger partial charge in [-0.05, 0) is 19.8 Å². The second kappa shape index (κ2) is 9.68. The zero-order chi connectivity index (χ0) is 27.4. The van der Waals surface area contributed by atoms with Crippen LogP contribution in [0.2, 0.25) is 0 Å². The maximum absolute atomic E-state index is 14.8. The fourth-order valence-electron chi connectivity index (χ4n) is 4.59. The molecule has 0 amide bonds. The predicted octanol–water partition coefficient (Wildman–Crippen LogP) is 4.12. The Labute approximate surface area is 213 Å². The lowest BCUT2D eigenvalue weighted by molar-refractivity contribution is -0.0509. The first kappa shape index (κ1) is 26.1. The third-order valence-electron chi connectivity index (χ3n) is 7.11. The Bertz CT molecular complexity index is 1500. The molecule has 204 valence electrons. The van der Waals surface area contributed by atoms with Crippen LogP contribution in [0.5, 0.6) is 5.75 Å². The van der Waals surface area contributed by atoms with Crippen LogP contribution < -0.4 is 21.2 Å². The van der Waals surface area contributed by atoms with Crippen LogP contribution in [0.3, 0.4) is 0 Å². The third-order valence-corrected chi connectivity index (χ3v) is 7.11. The van der Waals surface area contributed by atoms with E-state index in [9.17, 15) is 31.5 Å². The molecule has 0 radical (unpaired) electrons. The lowest BCUT2D eigenvalue weighted by Gasteiger charge is -2.27. The first-order chi connectivity index (χ1) is 18.0. The molecule has 2 aromatic heterocycles. The SMILES string of the molecule is CC(Nc1nn(C)c(=O)c2c(OCC3COC3)c(=O)n(C3(C(F)F)CC3)cc12)c1cccc(C(F)F)c1F. The Morgan fingerprint density at radius 1 is 1.16 bits per heavy atom. The van der Waals surface area contributed by atoms with Crippen LogP contribution in [-0.2, 0) is 17.3 Å². The maximum atomic E-state index is 14.8. The van der Waals surface area contributed by atoms with Crippen molar-refractivity contribution in [1.29, 1.82) is 0 Å². The van der Waals surface area contributed by atoms with Crippen LogP contribution in [0.1, 0.15) is 43.4 Å². The second-order valence-electron chi connectivity index (χ2n) is 9.74. The van der Waals surface area contributed by atoms with Gasteiger partial charge in [-0.3, -0.25) is 14.2 Å². The van der Waals surface area contributed by atoms with Gasteiger partial charge in [-0.1, -0.05) is 18.2 Å². The van der Waals surface area contributed by atoms with Crippen molar-refractivity contribution in [1.82, 2.24) is 14.3 Å². The molecule has 38 heavy (non-hydrogen) atoms. The minimum atomic E-state index is -3.03. The number of nitrogens with one attached hydrogen (secondary N) is 1. The van der Waals surface area contributed by atoms with Gasteiger partial charge in [0.25, 0.3) is 24.0 Å². The topological polar surface area (TPSA) is 87.4 Å². The Kier molecular flexibility index (Phi) is 6.66. The van der Waals surface area contributed by atoms with E-state index in [-0.39, 0.29) is 53.3 Å². The van der Waals surface area contributed by atoms with Gasteiger partial charge in [-0.2, -0.15) is 5.10 Å². The molecule has 2 aliphatic rings. The summed E-state index contributed by atoms with van der Waals surface area (Å²) in [5, 5.41) is 6.92. The summed E-state index contributed by atoms with van der Waals surface area (Å²) in [6, 6.07) is 2.66. The number of benzene rings is 1. The molecule has 3 heterocycles. The summed E-state index contributed by atoms with van der Waals surface area (Å²) in [4.78, 5) is 26.6. The van der Waals surface area contributed by atoms with Crippen LogP contribution in [-0.4, -0.2) is 40.6 Å². The van der Waals surface area contributed by atoms with E-state index >= 15 is 0 Å². The molecule has 13 heteroatoms. The number of anilines is 1.